The minimum atomic E-state index is 0.0266. The van der Waals surface area contributed by atoms with Crippen molar-refractivity contribution in [3.05, 3.63) is 60.9 Å². The molecule has 3 N–H and O–H groups in total. The lowest BCUT2D eigenvalue weighted by molar-refractivity contribution is 0.250. The molecule has 0 amide bonds. The Labute approximate surface area is 191 Å². The Morgan fingerprint density at radius 3 is 2.61 bits per heavy atom. The van der Waals surface area contributed by atoms with E-state index in [1.165, 1.54) is 6.33 Å². The van der Waals surface area contributed by atoms with Crippen LogP contribution < -0.4 is 10.5 Å². The zero-order chi connectivity index (χ0) is 22.8. The van der Waals surface area contributed by atoms with E-state index < -0.39 is 0 Å². The lowest BCUT2D eigenvalue weighted by atomic mass is 10.1. The Kier molecular flexibility index (Phi) is 5.37. The van der Waals surface area contributed by atoms with E-state index in [0.29, 0.717) is 18.0 Å². The minimum absolute atomic E-state index is 0.0266. The maximum Gasteiger partial charge on any atom is 0.173 e. The number of hydrogen-bond acceptors (Lipinski definition) is 6. The number of anilines is 1. The molecule has 1 atom stereocenters. The van der Waals surface area contributed by atoms with Crippen LogP contribution in [0.3, 0.4) is 0 Å². The van der Waals surface area contributed by atoms with Gasteiger partial charge in [-0.2, -0.15) is 5.10 Å². The SMILES string of the molecule is C#CC(=N)N1CCCC(n2nc(-c3ccc(Oc4ccccc4)cc3)c3c(N)ncnc32)C1. The van der Waals surface area contributed by atoms with Crippen molar-refractivity contribution < 1.29 is 4.74 Å². The molecule has 0 spiro atoms. The number of likely N-dealkylation sites (tertiary alicyclic amines) is 1. The highest BCUT2D eigenvalue weighted by atomic mass is 16.5. The third-order valence-corrected chi connectivity index (χ3v) is 5.82. The van der Waals surface area contributed by atoms with Crippen molar-refractivity contribution in [2.45, 2.75) is 18.9 Å². The zero-order valence-electron chi connectivity index (χ0n) is 18.0. The molecule has 0 bridgehead atoms. The van der Waals surface area contributed by atoms with Gasteiger partial charge in [-0.15, -0.1) is 6.42 Å². The molecule has 8 heteroatoms. The largest absolute Gasteiger partial charge is 0.457 e. The molecule has 5 rings (SSSR count). The molecule has 2 aromatic carbocycles. The third-order valence-electron chi connectivity index (χ3n) is 5.82. The molecule has 0 radical (unpaired) electrons. The molecular formula is C25H23N7O. The molecule has 0 saturated carbocycles. The van der Waals surface area contributed by atoms with Crippen molar-refractivity contribution in [3.8, 4) is 35.1 Å². The summed E-state index contributed by atoms with van der Waals surface area (Å²) < 4.78 is 7.82. The number of benzene rings is 2. The van der Waals surface area contributed by atoms with Gasteiger partial charge in [-0.05, 0) is 55.2 Å². The molecule has 1 saturated heterocycles. The Hall–Kier alpha value is -4.38. The van der Waals surface area contributed by atoms with E-state index in [0.717, 1.165) is 47.5 Å². The average Bonchev–Trinajstić information content (AvgIpc) is 3.26. The van der Waals surface area contributed by atoms with Gasteiger partial charge in [0.25, 0.3) is 0 Å². The second kappa shape index (κ2) is 8.63. The highest BCUT2D eigenvalue weighted by Gasteiger charge is 2.27. The maximum absolute atomic E-state index is 8.02. The first kappa shape index (κ1) is 20.5. The summed E-state index contributed by atoms with van der Waals surface area (Å²) in [7, 11) is 0. The standard InChI is InChI=1S/C25H23N7O/c1-2-21(26)31-14-6-7-18(15-31)32-25-22(24(27)28-16-29-25)23(30-32)17-10-12-20(13-11-17)33-19-8-4-3-5-9-19/h1,3-5,8-13,16,18,26H,6-7,14-15H2,(H2,27,28,29). The van der Waals surface area contributed by atoms with E-state index in [9.17, 15) is 0 Å². The molecule has 8 nitrogen and oxygen atoms in total. The second-order valence-corrected chi connectivity index (χ2v) is 7.93. The minimum Gasteiger partial charge on any atom is -0.457 e. The third kappa shape index (κ3) is 3.96. The lowest BCUT2D eigenvalue weighted by Gasteiger charge is -2.33. The van der Waals surface area contributed by atoms with Crippen molar-refractivity contribution in [1.29, 1.82) is 5.41 Å². The number of nitrogen functional groups attached to an aromatic ring is 1. The van der Waals surface area contributed by atoms with Crippen LogP contribution in [-0.2, 0) is 0 Å². The molecule has 1 aliphatic heterocycles. The van der Waals surface area contributed by atoms with Crippen LogP contribution in [0.15, 0.2) is 60.9 Å². The predicted octanol–water partition coefficient (Wildman–Crippen LogP) is 4.12. The number of nitrogens with one attached hydrogen (secondary N) is 1. The lowest BCUT2D eigenvalue weighted by Crippen LogP contribution is -2.40. The number of nitrogens with two attached hydrogens (primary N) is 1. The zero-order valence-corrected chi connectivity index (χ0v) is 18.0. The number of terminal acetylenes is 1. The fraction of sp³-hybridized carbons (Fsp3) is 0.200. The molecule has 3 heterocycles. The molecule has 164 valence electrons. The number of rotatable bonds is 4. The fourth-order valence-corrected chi connectivity index (χ4v) is 4.21. The van der Waals surface area contributed by atoms with Crippen LogP contribution in [-0.4, -0.2) is 43.6 Å². The van der Waals surface area contributed by atoms with E-state index in [-0.39, 0.29) is 11.9 Å². The summed E-state index contributed by atoms with van der Waals surface area (Å²) in [6, 6.07) is 17.4. The number of amidine groups is 1. The smallest absolute Gasteiger partial charge is 0.173 e. The molecule has 1 unspecified atom stereocenters. The molecule has 1 fully saturated rings. The highest BCUT2D eigenvalue weighted by Crippen LogP contribution is 2.34. The van der Waals surface area contributed by atoms with Crippen LogP contribution in [0.2, 0.25) is 0 Å². The number of hydrogen-bond donors (Lipinski definition) is 2. The van der Waals surface area contributed by atoms with E-state index in [1.807, 2.05) is 64.2 Å². The first-order chi connectivity index (χ1) is 16.1. The Balaban J connectivity index is 1.50. The van der Waals surface area contributed by atoms with Gasteiger partial charge >= 0.3 is 0 Å². The van der Waals surface area contributed by atoms with Crippen LogP contribution in [0.25, 0.3) is 22.3 Å². The number of piperidine rings is 1. The Bertz CT molecular complexity index is 1340. The monoisotopic (exact) mass is 437 g/mol. The summed E-state index contributed by atoms with van der Waals surface area (Å²) in [5.74, 6) is 4.51. The second-order valence-electron chi connectivity index (χ2n) is 7.93. The Morgan fingerprint density at radius 1 is 1.09 bits per heavy atom. The summed E-state index contributed by atoms with van der Waals surface area (Å²) in [6.45, 7) is 1.37. The topological polar surface area (TPSA) is 106 Å². The summed E-state index contributed by atoms with van der Waals surface area (Å²) in [4.78, 5) is 10.6. The van der Waals surface area contributed by atoms with Gasteiger partial charge in [-0.1, -0.05) is 18.2 Å². The number of nitrogens with zero attached hydrogens (tertiary/aromatic N) is 5. The van der Waals surface area contributed by atoms with Crippen LogP contribution in [0.4, 0.5) is 5.82 Å². The average molecular weight is 438 g/mol. The molecule has 1 aliphatic rings. The fourth-order valence-electron chi connectivity index (χ4n) is 4.21. The number of fused-ring (bicyclic) bond motifs is 1. The summed E-state index contributed by atoms with van der Waals surface area (Å²) in [5, 5.41) is 13.7. The van der Waals surface area contributed by atoms with Crippen LogP contribution >= 0.6 is 0 Å². The van der Waals surface area contributed by atoms with Crippen molar-refractivity contribution in [3.63, 3.8) is 0 Å². The predicted molar refractivity (Wildman–Crippen MR) is 128 cm³/mol. The van der Waals surface area contributed by atoms with Crippen molar-refractivity contribution in [1.82, 2.24) is 24.6 Å². The quantitative estimate of drug-likeness (QED) is 0.283. The number of aromatic nitrogens is 4. The number of para-hydroxylation sites is 1. The molecule has 2 aromatic heterocycles. The van der Waals surface area contributed by atoms with Gasteiger partial charge in [-0.3, -0.25) is 5.41 Å². The van der Waals surface area contributed by atoms with Crippen molar-refractivity contribution >= 4 is 22.7 Å². The summed E-state index contributed by atoms with van der Waals surface area (Å²) in [6.07, 6.45) is 8.74. The molecule has 33 heavy (non-hydrogen) atoms. The van der Waals surface area contributed by atoms with E-state index in [1.54, 1.807) is 0 Å². The van der Waals surface area contributed by atoms with Gasteiger partial charge in [-0.25, -0.2) is 14.6 Å². The first-order valence-corrected chi connectivity index (χ1v) is 10.8. The molecule has 0 aliphatic carbocycles. The van der Waals surface area contributed by atoms with Gasteiger partial charge in [0.05, 0.1) is 11.4 Å². The molecular weight excluding hydrogens is 414 g/mol. The van der Waals surface area contributed by atoms with E-state index >= 15 is 0 Å². The maximum atomic E-state index is 8.02. The van der Waals surface area contributed by atoms with E-state index in [4.69, 9.17) is 27.4 Å². The van der Waals surface area contributed by atoms with Gasteiger partial charge in [0, 0.05) is 18.7 Å². The van der Waals surface area contributed by atoms with Gasteiger partial charge < -0.3 is 15.4 Å². The van der Waals surface area contributed by atoms with Crippen molar-refractivity contribution in [2.75, 3.05) is 18.8 Å². The van der Waals surface area contributed by atoms with Gasteiger partial charge in [0.15, 0.2) is 11.5 Å². The number of ether oxygens (including phenoxy) is 1. The van der Waals surface area contributed by atoms with Gasteiger partial charge in [0.1, 0.15) is 29.3 Å². The summed E-state index contributed by atoms with van der Waals surface area (Å²) >= 11 is 0. The van der Waals surface area contributed by atoms with Crippen LogP contribution in [0.1, 0.15) is 18.9 Å². The first-order valence-electron chi connectivity index (χ1n) is 10.8. The summed E-state index contributed by atoms with van der Waals surface area (Å²) in [5.41, 5.74) is 8.56. The van der Waals surface area contributed by atoms with Crippen LogP contribution in [0, 0.1) is 17.8 Å². The van der Waals surface area contributed by atoms with Crippen molar-refractivity contribution in [2.24, 2.45) is 0 Å². The Morgan fingerprint density at radius 2 is 1.85 bits per heavy atom. The van der Waals surface area contributed by atoms with E-state index in [2.05, 4.69) is 15.9 Å². The van der Waals surface area contributed by atoms with Crippen LogP contribution in [0.5, 0.6) is 11.5 Å². The highest BCUT2D eigenvalue weighted by molar-refractivity contribution is 5.98. The normalized spacial score (nSPS) is 15.8. The molecule has 4 aromatic rings. The van der Waals surface area contributed by atoms with Gasteiger partial charge in [0.2, 0.25) is 0 Å².